The van der Waals surface area contributed by atoms with E-state index in [9.17, 15) is 0 Å². The van der Waals surface area contributed by atoms with Crippen LogP contribution in [0.3, 0.4) is 0 Å². The summed E-state index contributed by atoms with van der Waals surface area (Å²) in [5.74, 6) is 0. The molecule has 0 spiro atoms. The van der Waals surface area contributed by atoms with E-state index in [4.69, 9.17) is 7.01 Å². The summed E-state index contributed by atoms with van der Waals surface area (Å²) in [5, 5.41) is 0. The summed E-state index contributed by atoms with van der Waals surface area (Å²) in [6.45, 7) is 0. The Kier molecular flexibility index (Phi) is 2.93. The Bertz CT molecular complexity index is 52.2. The zero-order chi connectivity index (χ0) is 3.58. The van der Waals surface area contributed by atoms with Gasteiger partial charge in [-0.3, -0.25) is 0 Å². The molecule has 0 aliphatic heterocycles. The molecular weight excluding hydrogens is 106 g/mol. The summed E-state index contributed by atoms with van der Waals surface area (Å²) in [5.41, 5.74) is -0.731. The van der Waals surface area contributed by atoms with Crippen molar-refractivity contribution >= 4 is 37.1 Å². The molecule has 0 saturated heterocycles. The Morgan fingerprint density at radius 1 is 1.50 bits per heavy atom. The van der Waals surface area contributed by atoms with Gasteiger partial charge < -0.3 is 0 Å². The second-order valence-corrected chi connectivity index (χ2v) is 4.49. The van der Waals surface area contributed by atoms with Gasteiger partial charge in [0, 0.05) is 0 Å². The van der Waals surface area contributed by atoms with Gasteiger partial charge in [-0.25, -0.2) is 0 Å². The van der Waals surface area contributed by atoms with Crippen LogP contribution in [0.1, 0.15) is 0 Å². The molecule has 0 amide bonds. The Hall–Kier alpha value is 1.06. The van der Waals surface area contributed by atoms with E-state index < -0.39 is 5.64 Å². The van der Waals surface area contributed by atoms with E-state index in [1.54, 1.807) is 0 Å². The zero-order valence-corrected chi connectivity index (χ0v) is 4.60. The van der Waals surface area contributed by atoms with Crippen LogP contribution in [-0.2, 0) is 0 Å². The normalized spacial score (nSPS) is 7.00. The van der Waals surface area contributed by atoms with Crippen molar-refractivity contribution in [3.8, 4) is 0 Å². The number of thiol groups is 2. The first kappa shape index (κ1) is 5.06. The predicted molar refractivity (Wildman–Crippen MR) is 30.6 cm³/mol. The van der Waals surface area contributed by atoms with Gasteiger partial charge in [-0.1, -0.05) is 0 Å². The third kappa shape index (κ3) is 11.5. The van der Waals surface area contributed by atoms with Crippen molar-refractivity contribution < 1.29 is 0 Å². The average molecular weight is 108 g/mol. The number of rotatable bonds is 0. The predicted octanol–water partition coefficient (Wildman–Crippen LogP) is 1.24. The van der Waals surface area contributed by atoms with E-state index in [0.717, 1.165) is 0 Å². The molecule has 0 atom stereocenters. The quantitative estimate of drug-likeness (QED) is 0.260. The van der Waals surface area contributed by atoms with Gasteiger partial charge in [0.1, 0.15) is 0 Å². The molecule has 0 aromatic heterocycles. The summed E-state index contributed by atoms with van der Waals surface area (Å²) in [6.07, 6.45) is 0. The summed E-state index contributed by atoms with van der Waals surface area (Å²) in [7, 11) is 4.90. The third-order valence-corrected chi connectivity index (χ3v) is 0. The molecule has 4 heavy (non-hydrogen) atoms. The van der Waals surface area contributed by atoms with Crippen LogP contribution in [0.25, 0.3) is 0 Å². The molecule has 0 unspecified atom stereocenters. The Balaban J connectivity index is 3.02. The van der Waals surface area contributed by atoms with Crippen molar-refractivity contribution in [2.24, 2.45) is 0 Å². The summed E-state index contributed by atoms with van der Waals surface area (Å²) >= 11 is 7.35. The molecule has 0 rings (SSSR count). The van der Waals surface area contributed by atoms with Gasteiger partial charge in [0.05, 0.1) is 0 Å². The molecule has 0 N–H and O–H groups in total. The topological polar surface area (TPSA) is 0 Å². The monoisotopic (exact) mass is 108 g/mol. The molecule has 0 aliphatic rings. The molecule has 0 radical (unpaired) electrons. The van der Waals surface area contributed by atoms with Gasteiger partial charge in [0.15, 0.2) is 0 Å². The molecule has 4 heteroatoms. The molecule has 0 fully saturated rings. The molecule has 0 aromatic carbocycles. The maximum atomic E-state index is 4.90. The first-order chi connectivity index (χ1) is 1.73. The SMILES string of the molecule is B#P(S)S. The molecular formula is H2BPS2. The fourth-order valence-electron chi connectivity index (χ4n) is 0. The minimum absolute atomic E-state index is 0.731. The van der Waals surface area contributed by atoms with Crippen molar-refractivity contribution in [3.05, 3.63) is 0 Å². The summed E-state index contributed by atoms with van der Waals surface area (Å²) < 4.78 is 0. The molecule has 0 aromatic rings. The van der Waals surface area contributed by atoms with Crippen molar-refractivity contribution in [2.45, 2.75) is 0 Å². The standard InChI is InChI=1S/BH2PS2/c1-2(3)4/h3-4H. The van der Waals surface area contributed by atoms with E-state index in [1.165, 1.54) is 0 Å². The van der Waals surface area contributed by atoms with Crippen molar-refractivity contribution in [2.75, 3.05) is 0 Å². The fourth-order valence-corrected chi connectivity index (χ4v) is 0. The van der Waals surface area contributed by atoms with E-state index in [1.807, 2.05) is 0 Å². The zero-order valence-electron chi connectivity index (χ0n) is 1.92. The minimum atomic E-state index is -0.731. The van der Waals surface area contributed by atoms with Crippen molar-refractivity contribution in [1.82, 2.24) is 0 Å². The second-order valence-electron chi connectivity index (χ2n) is 0.320. The number of hydrogen-bond donors (Lipinski definition) is 2. The first-order valence-electron chi connectivity index (χ1n) is 0.658. The summed E-state index contributed by atoms with van der Waals surface area (Å²) in [4.78, 5) is 0. The van der Waals surface area contributed by atoms with Crippen LogP contribution < -0.4 is 0 Å². The van der Waals surface area contributed by atoms with Crippen LogP contribution in [0.15, 0.2) is 0 Å². The average Bonchev–Trinajstić information content (AvgIpc) is 0.811. The van der Waals surface area contributed by atoms with Gasteiger partial charge in [-0.2, -0.15) is 0 Å². The Morgan fingerprint density at radius 2 is 1.50 bits per heavy atom. The van der Waals surface area contributed by atoms with Gasteiger partial charge >= 0.3 is 37.1 Å². The van der Waals surface area contributed by atoms with Crippen LogP contribution in [0.5, 0.6) is 0 Å². The molecule has 0 aliphatic carbocycles. The van der Waals surface area contributed by atoms with Crippen LogP contribution in [0, 0.1) is 0 Å². The van der Waals surface area contributed by atoms with Crippen LogP contribution in [-0.4, -0.2) is 7.01 Å². The molecule has 22 valence electrons. The van der Waals surface area contributed by atoms with Crippen LogP contribution in [0.4, 0.5) is 0 Å². The molecule has 0 bridgehead atoms. The molecule has 0 saturated carbocycles. The van der Waals surface area contributed by atoms with Gasteiger partial charge in [-0.15, -0.1) is 0 Å². The molecule has 0 nitrogen and oxygen atoms in total. The van der Waals surface area contributed by atoms with Crippen molar-refractivity contribution in [3.63, 3.8) is 0 Å². The van der Waals surface area contributed by atoms with E-state index in [-0.39, 0.29) is 0 Å². The van der Waals surface area contributed by atoms with Crippen molar-refractivity contribution in [1.29, 1.82) is 0 Å². The maximum absolute atomic E-state index is 4.90. The van der Waals surface area contributed by atoms with E-state index >= 15 is 0 Å². The van der Waals surface area contributed by atoms with Crippen LogP contribution in [0.2, 0.25) is 0 Å². The van der Waals surface area contributed by atoms with Crippen LogP contribution >= 0.6 is 30.1 Å². The summed E-state index contributed by atoms with van der Waals surface area (Å²) in [6, 6.07) is 0. The second kappa shape index (κ2) is 2.31. The van der Waals surface area contributed by atoms with Gasteiger partial charge in [-0.05, 0) is 0 Å². The number of hydrogen-bond acceptors (Lipinski definition) is 2. The van der Waals surface area contributed by atoms with E-state index in [2.05, 4.69) is 24.5 Å². The fraction of sp³-hybridized carbons (Fsp3) is 0. The van der Waals surface area contributed by atoms with E-state index in [0.29, 0.717) is 0 Å². The third-order valence-electron chi connectivity index (χ3n) is 0. The first-order valence-corrected chi connectivity index (χ1v) is 4.37. The Morgan fingerprint density at radius 3 is 1.50 bits per heavy atom. The van der Waals surface area contributed by atoms with Gasteiger partial charge in [0.25, 0.3) is 0 Å². The van der Waals surface area contributed by atoms with Gasteiger partial charge in [0.2, 0.25) is 0 Å². The Labute approximate surface area is 37.7 Å². The molecule has 0 heterocycles.